The molecular formula is C25H36N2O3+2. The Morgan fingerprint density at radius 3 is 2.63 bits per heavy atom. The van der Waals surface area contributed by atoms with E-state index in [1.165, 1.54) is 21.1 Å². The van der Waals surface area contributed by atoms with Crippen molar-refractivity contribution >= 4 is 11.7 Å². The number of aliphatic hydroxyl groups excluding tert-OH is 1. The molecule has 1 aromatic carbocycles. The number of carbonyl (C=O) groups excluding carboxylic acids is 1. The topological polar surface area (TPSA) is 55.4 Å². The molecule has 3 N–H and O–H groups in total. The van der Waals surface area contributed by atoms with Gasteiger partial charge in [-0.05, 0) is 30.9 Å². The number of rotatable bonds is 3. The van der Waals surface area contributed by atoms with Gasteiger partial charge < -0.3 is 14.7 Å². The van der Waals surface area contributed by atoms with E-state index in [-0.39, 0.29) is 29.3 Å². The van der Waals surface area contributed by atoms with E-state index in [0.717, 1.165) is 52.0 Å². The summed E-state index contributed by atoms with van der Waals surface area (Å²) in [6.07, 6.45) is 4.67. The summed E-state index contributed by atoms with van der Waals surface area (Å²) < 4.78 is 5.85. The van der Waals surface area contributed by atoms with Gasteiger partial charge >= 0.3 is 5.97 Å². The Kier molecular flexibility index (Phi) is 5.24. The molecule has 2 aliphatic carbocycles. The number of nitrogens with one attached hydrogen (secondary N) is 2. The summed E-state index contributed by atoms with van der Waals surface area (Å²) in [7, 11) is 0. The number of ether oxygens (including phenoxy) is 1. The van der Waals surface area contributed by atoms with Crippen LogP contribution in [0.15, 0.2) is 42.0 Å². The molecule has 5 nitrogen and oxygen atoms in total. The van der Waals surface area contributed by atoms with Gasteiger partial charge in [0, 0.05) is 17.8 Å². The van der Waals surface area contributed by atoms with Crippen molar-refractivity contribution < 1.29 is 24.4 Å². The molecule has 162 valence electrons. The normalized spacial score (nSPS) is 43.4. The van der Waals surface area contributed by atoms with Crippen molar-refractivity contribution in [2.24, 2.45) is 23.2 Å². The summed E-state index contributed by atoms with van der Waals surface area (Å²) in [4.78, 5) is 15.9. The van der Waals surface area contributed by atoms with Crippen LogP contribution in [-0.2, 0) is 9.53 Å². The van der Waals surface area contributed by atoms with Crippen molar-refractivity contribution in [1.82, 2.24) is 0 Å². The summed E-state index contributed by atoms with van der Waals surface area (Å²) in [6.45, 7) is 9.56. The van der Waals surface area contributed by atoms with Crippen molar-refractivity contribution in [3.8, 4) is 0 Å². The number of fused-ring (bicyclic) bond motifs is 2. The summed E-state index contributed by atoms with van der Waals surface area (Å²) in [5.74, 6) is 0.123. The van der Waals surface area contributed by atoms with Crippen LogP contribution in [0.4, 0.5) is 5.69 Å². The third-order valence-electron chi connectivity index (χ3n) is 8.82. The lowest BCUT2D eigenvalue weighted by Crippen LogP contribution is -3.26. The first-order valence-corrected chi connectivity index (χ1v) is 11.8. The third-order valence-corrected chi connectivity index (χ3v) is 8.82. The average molecular weight is 413 g/mol. The van der Waals surface area contributed by atoms with Crippen LogP contribution >= 0.6 is 0 Å². The van der Waals surface area contributed by atoms with E-state index in [1.54, 1.807) is 0 Å². The molecule has 2 heterocycles. The molecule has 0 bridgehead atoms. The van der Waals surface area contributed by atoms with Gasteiger partial charge in [-0.1, -0.05) is 43.7 Å². The predicted molar refractivity (Wildman–Crippen MR) is 114 cm³/mol. The lowest BCUT2D eigenvalue weighted by Gasteiger charge is -2.51. The second kappa shape index (κ2) is 7.77. The largest absolute Gasteiger partial charge is 0.461 e. The Bertz CT molecular complexity index is 817. The highest BCUT2D eigenvalue weighted by Gasteiger charge is 2.60. The van der Waals surface area contributed by atoms with E-state index in [1.807, 2.05) is 0 Å². The van der Waals surface area contributed by atoms with Crippen LogP contribution in [0.2, 0.25) is 0 Å². The minimum atomic E-state index is -0.495. The molecule has 0 amide bonds. The fraction of sp³-hybridized carbons (Fsp3) is 0.640. The Labute approximate surface area is 179 Å². The van der Waals surface area contributed by atoms with E-state index in [2.05, 4.69) is 50.3 Å². The van der Waals surface area contributed by atoms with Crippen molar-refractivity contribution in [2.75, 3.05) is 32.7 Å². The highest BCUT2D eigenvalue weighted by molar-refractivity contribution is 5.76. The zero-order valence-corrected chi connectivity index (χ0v) is 18.3. The summed E-state index contributed by atoms with van der Waals surface area (Å²) in [5.41, 5.74) is 2.46. The van der Waals surface area contributed by atoms with Gasteiger partial charge in [0.2, 0.25) is 0 Å². The molecule has 0 spiro atoms. The van der Waals surface area contributed by atoms with E-state index < -0.39 is 6.10 Å². The van der Waals surface area contributed by atoms with Crippen molar-refractivity contribution in [3.63, 3.8) is 0 Å². The maximum absolute atomic E-state index is 12.9. The fourth-order valence-electron chi connectivity index (χ4n) is 6.68. The number of allylic oxidation sites excluding steroid dienone is 1. The molecule has 3 fully saturated rings. The molecular weight excluding hydrogens is 376 g/mol. The Morgan fingerprint density at radius 1 is 1.17 bits per heavy atom. The van der Waals surface area contributed by atoms with Gasteiger partial charge in [0.05, 0.1) is 12.6 Å². The van der Waals surface area contributed by atoms with Crippen LogP contribution in [0.3, 0.4) is 0 Å². The van der Waals surface area contributed by atoms with Crippen LogP contribution in [0, 0.1) is 23.2 Å². The van der Waals surface area contributed by atoms with Crippen LogP contribution in [0.1, 0.15) is 33.1 Å². The van der Waals surface area contributed by atoms with Gasteiger partial charge in [-0.3, -0.25) is 9.69 Å². The van der Waals surface area contributed by atoms with Crippen LogP contribution in [0.25, 0.3) is 0 Å². The van der Waals surface area contributed by atoms with Crippen LogP contribution in [-0.4, -0.2) is 56.0 Å². The minimum absolute atomic E-state index is 0.0628. The van der Waals surface area contributed by atoms with Gasteiger partial charge in [-0.2, -0.15) is 0 Å². The van der Waals surface area contributed by atoms with E-state index in [9.17, 15) is 9.90 Å². The van der Waals surface area contributed by atoms with Crippen LogP contribution in [0.5, 0.6) is 0 Å². The number of benzene rings is 1. The molecule has 0 unspecified atom stereocenters. The number of quaternary nitrogens is 2. The number of hydrogen-bond acceptors (Lipinski definition) is 3. The smallest absolute Gasteiger partial charge is 0.315 e. The molecule has 6 atom stereocenters. The first kappa shape index (κ1) is 20.2. The number of aliphatic hydroxyl groups is 1. The molecule has 1 aromatic rings. The van der Waals surface area contributed by atoms with Crippen molar-refractivity contribution in [3.05, 3.63) is 42.0 Å². The number of piperazine rings is 1. The molecule has 2 aliphatic heterocycles. The highest BCUT2D eigenvalue weighted by atomic mass is 16.6. The first-order chi connectivity index (χ1) is 14.5. The Hall–Kier alpha value is -1.69. The second-order valence-electron chi connectivity index (χ2n) is 10.2. The van der Waals surface area contributed by atoms with E-state index in [0.29, 0.717) is 5.92 Å². The molecule has 0 aromatic heterocycles. The quantitative estimate of drug-likeness (QED) is 0.497. The predicted octanol–water partition coefficient (Wildman–Crippen LogP) is 0.387. The highest BCUT2D eigenvalue weighted by Crippen LogP contribution is 2.55. The zero-order chi connectivity index (χ0) is 20.9. The van der Waals surface area contributed by atoms with Gasteiger partial charge in [0.15, 0.2) is 0 Å². The number of carbonyl (C=O) groups is 1. The summed E-state index contributed by atoms with van der Waals surface area (Å²) >= 11 is 0. The maximum atomic E-state index is 12.9. The number of hydrogen-bond donors (Lipinski definition) is 3. The lowest BCUT2D eigenvalue weighted by atomic mass is 9.55. The monoisotopic (exact) mass is 412 g/mol. The molecule has 2 saturated heterocycles. The molecule has 5 rings (SSSR count). The minimum Gasteiger partial charge on any atom is -0.461 e. The van der Waals surface area contributed by atoms with Crippen LogP contribution < -0.4 is 9.80 Å². The van der Waals surface area contributed by atoms with E-state index in [4.69, 9.17) is 4.74 Å². The van der Waals surface area contributed by atoms with Crippen molar-refractivity contribution in [2.45, 2.75) is 45.3 Å². The number of esters is 1. The summed E-state index contributed by atoms with van der Waals surface area (Å²) in [5, 5.41) is 11.5. The second-order valence-corrected chi connectivity index (χ2v) is 10.2. The lowest BCUT2D eigenvalue weighted by molar-refractivity contribution is -0.987. The third kappa shape index (κ3) is 3.22. The average Bonchev–Trinajstić information content (AvgIpc) is 3.07. The van der Waals surface area contributed by atoms with Gasteiger partial charge in [-0.25, -0.2) is 0 Å². The Morgan fingerprint density at radius 2 is 1.90 bits per heavy atom. The standard InChI is InChI=1S/C25H34N2O3/c1-17-7-6-8-18-15-21-22(23(28)25(17,18)2)20(24(29)30-21)16-26-11-13-27(14-12-26)19-9-4-3-5-10-19/h3-5,8-10,17,20-23,28H,6-7,11-16H2,1-2H3/p+2/t17-,20+,21+,22+,23-,25+/m0/s1. The van der Waals surface area contributed by atoms with E-state index >= 15 is 0 Å². The first-order valence-electron chi connectivity index (χ1n) is 11.8. The van der Waals surface area contributed by atoms with Gasteiger partial charge in [0.1, 0.15) is 43.9 Å². The Balaban J connectivity index is 1.28. The molecule has 4 aliphatic rings. The fourth-order valence-corrected chi connectivity index (χ4v) is 6.68. The van der Waals surface area contributed by atoms with Gasteiger partial charge in [0.25, 0.3) is 0 Å². The number of para-hydroxylation sites is 1. The summed E-state index contributed by atoms with van der Waals surface area (Å²) in [6, 6.07) is 10.7. The molecule has 30 heavy (non-hydrogen) atoms. The van der Waals surface area contributed by atoms with Gasteiger partial charge in [-0.15, -0.1) is 0 Å². The SMILES string of the molecule is C[C@H]1CCC=C2C[C@H]3OC(=O)[C@H](C[NH+]4CC[NH+](c5ccccc5)CC4)[C@H]3[C@H](O)[C@@]21C. The van der Waals surface area contributed by atoms with Crippen molar-refractivity contribution in [1.29, 1.82) is 0 Å². The molecule has 5 heteroatoms. The maximum Gasteiger partial charge on any atom is 0.315 e. The molecule has 1 saturated carbocycles. The molecule has 0 radical (unpaired) electrons. The zero-order valence-electron chi connectivity index (χ0n) is 18.3.